The smallest absolute Gasteiger partial charge is 0.181 e. The fraction of sp³-hybridized carbons (Fsp3) is 0.462. The lowest BCUT2D eigenvalue weighted by molar-refractivity contribution is 0.579. The summed E-state index contributed by atoms with van der Waals surface area (Å²) in [5.74, 6) is 0. The average molecular weight is 249 g/mol. The molecule has 2 rings (SSSR count). The number of nitrogens with zero attached hydrogens (tertiary/aromatic N) is 1. The second kappa shape index (κ2) is 4.89. The lowest BCUT2D eigenvalue weighted by Gasteiger charge is -2.11. The van der Waals surface area contributed by atoms with E-state index in [2.05, 4.69) is 0 Å². The highest BCUT2D eigenvalue weighted by Gasteiger charge is 2.29. The first kappa shape index (κ1) is 12.1. The van der Waals surface area contributed by atoms with Gasteiger partial charge in [0, 0.05) is 0 Å². The highest BCUT2D eigenvalue weighted by Crippen LogP contribution is 2.29. The van der Waals surface area contributed by atoms with Crippen molar-refractivity contribution in [2.75, 3.05) is 0 Å². The molecule has 90 valence electrons. The second-order valence-electron chi connectivity index (χ2n) is 4.43. The van der Waals surface area contributed by atoms with Crippen LogP contribution in [0.2, 0.25) is 0 Å². The molecule has 1 aliphatic rings. The van der Waals surface area contributed by atoms with Gasteiger partial charge in [0.25, 0.3) is 0 Å². The zero-order valence-electron chi connectivity index (χ0n) is 9.59. The molecular weight excluding hydrogens is 234 g/mol. The van der Waals surface area contributed by atoms with Crippen molar-refractivity contribution in [2.45, 2.75) is 42.2 Å². The van der Waals surface area contributed by atoms with Gasteiger partial charge in [0.1, 0.15) is 0 Å². The Morgan fingerprint density at radius 3 is 2.29 bits per heavy atom. The molecule has 0 radical (unpaired) electrons. The highest BCUT2D eigenvalue weighted by molar-refractivity contribution is 7.92. The van der Waals surface area contributed by atoms with E-state index in [1.54, 1.807) is 24.3 Å². The van der Waals surface area contributed by atoms with Crippen molar-refractivity contribution in [2.24, 2.45) is 0 Å². The quantitative estimate of drug-likeness (QED) is 0.826. The average Bonchev–Trinajstić information content (AvgIpc) is 2.84. The van der Waals surface area contributed by atoms with Gasteiger partial charge in [-0.3, -0.25) is 0 Å². The van der Waals surface area contributed by atoms with Crippen LogP contribution in [0.4, 0.5) is 0 Å². The number of sulfone groups is 1. The second-order valence-corrected chi connectivity index (χ2v) is 6.66. The van der Waals surface area contributed by atoms with Gasteiger partial charge < -0.3 is 0 Å². The van der Waals surface area contributed by atoms with Crippen LogP contribution in [0, 0.1) is 11.3 Å². The monoisotopic (exact) mass is 249 g/mol. The molecule has 0 aliphatic heterocycles. The Morgan fingerprint density at radius 2 is 1.76 bits per heavy atom. The van der Waals surface area contributed by atoms with Crippen LogP contribution in [-0.2, 0) is 16.3 Å². The van der Waals surface area contributed by atoms with Crippen LogP contribution in [0.15, 0.2) is 29.2 Å². The largest absolute Gasteiger partial charge is 0.223 e. The minimum absolute atomic E-state index is 0.204. The van der Waals surface area contributed by atoms with E-state index in [9.17, 15) is 8.42 Å². The van der Waals surface area contributed by atoms with E-state index in [1.807, 2.05) is 6.07 Å². The van der Waals surface area contributed by atoms with Crippen LogP contribution in [0.25, 0.3) is 0 Å². The van der Waals surface area contributed by atoms with Gasteiger partial charge in [0.2, 0.25) is 0 Å². The zero-order chi connectivity index (χ0) is 12.3. The first-order valence-corrected chi connectivity index (χ1v) is 7.39. The van der Waals surface area contributed by atoms with Gasteiger partial charge in [-0.25, -0.2) is 8.42 Å². The molecule has 1 saturated carbocycles. The predicted molar refractivity (Wildman–Crippen MR) is 65.2 cm³/mol. The standard InChI is InChI=1S/C13H15NO2S/c14-10-9-11-5-7-13(8-6-11)17(15,16)12-3-1-2-4-12/h5-8,12H,1-4,9H2. The Bertz CT molecular complexity index is 520. The van der Waals surface area contributed by atoms with Crippen molar-refractivity contribution in [3.05, 3.63) is 29.8 Å². The molecule has 17 heavy (non-hydrogen) atoms. The minimum Gasteiger partial charge on any atom is -0.223 e. The summed E-state index contributed by atoms with van der Waals surface area (Å²) < 4.78 is 24.5. The molecule has 0 unspecified atom stereocenters. The summed E-state index contributed by atoms with van der Waals surface area (Å²) in [6, 6.07) is 8.75. The number of rotatable bonds is 3. The van der Waals surface area contributed by atoms with Crippen LogP contribution in [-0.4, -0.2) is 13.7 Å². The first-order valence-electron chi connectivity index (χ1n) is 5.84. The van der Waals surface area contributed by atoms with Crippen molar-refractivity contribution in [1.82, 2.24) is 0 Å². The Kier molecular flexibility index (Phi) is 3.49. The molecule has 0 aromatic heterocycles. The fourth-order valence-corrected chi connectivity index (χ4v) is 4.13. The first-order chi connectivity index (χ1) is 8.14. The van der Waals surface area contributed by atoms with Gasteiger partial charge in [0.05, 0.1) is 22.6 Å². The summed E-state index contributed by atoms with van der Waals surface area (Å²) in [5.41, 5.74) is 0.859. The molecule has 0 saturated heterocycles. The minimum atomic E-state index is -3.15. The normalized spacial score (nSPS) is 16.9. The molecule has 0 bridgehead atoms. The van der Waals surface area contributed by atoms with E-state index < -0.39 is 9.84 Å². The summed E-state index contributed by atoms with van der Waals surface area (Å²) in [4.78, 5) is 0.395. The molecule has 0 spiro atoms. The van der Waals surface area contributed by atoms with E-state index in [-0.39, 0.29) is 5.25 Å². The zero-order valence-corrected chi connectivity index (χ0v) is 10.4. The van der Waals surface area contributed by atoms with Crippen molar-refractivity contribution in [3.8, 4) is 6.07 Å². The van der Waals surface area contributed by atoms with Gasteiger partial charge >= 0.3 is 0 Å². The van der Waals surface area contributed by atoms with E-state index >= 15 is 0 Å². The molecule has 1 aromatic carbocycles. The molecule has 0 atom stereocenters. The molecule has 1 aromatic rings. The number of benzene rings is 1. The summed E-state index contributed by atoms with van der Waals surface area (Å²) in [6.45, 7) is 0. The third-order valence-corrected chi connectivity index (χ3v) is 5.55. The SMILES string of the molecule is N#CCc1ccc(S(=O)(=O)C2CCCC2)cc1. The van der Waals surface area contributed by atoms with Gasteiger partial charge in [0.15, 0.2) is 9.84 Å². The predicted octanol–water partition coefficient (Wildman–Crippen LogP) is 2.47. The fourth-order valence-electron chi connectivity index (χ4n) is 2.28. The maximum atomic E-state index is 12.2. The Morgan fingerprint density at radius 1 is 1.18 bits per heavy atom. The third kappa shape index (κ3) is 2.50. The molecule has 1 fully saturated rings. The Balaban J connectivity index is 2.24. The molecule has 0 N–H and O–H groups in total. The van der Waals surface area contributed by atoms with Crippen LogP contribution < -0.4 is 0 Å². The summed E-state index contributed by atoms with van der Waals surface area (Å²) in [6.07, 6.45) is 3.90. The Labute approximate surface area is 102 Å². The summed E-state index contributed by atoms with van der Waals surface area (Å²) in [5, 5.41) is 8.35. The van der Waals surface area contributed by atoms with E-state index in [4.69, 9.17) is 5.26 Å². The van der Waals surface area contributed by atoms with Crippen molar-refractivity contribution in [3.63, 3.8) is 0 Å². The lowest BCUT2D eigenvalue weighted by Crippen LogP contribution is -2.17. The molecule has 0 amide bonds. The third-order valence-electron chi connectivity index (χ3n) is 3.28. The van der Waals surface area contributed by atoms with Gasteiger partial charge in [-0.05, 0) is 30.5 Å². The lowest BCUT2D eigenvalue weighted by atomic mass is 10.2. The molecule has 1 aliphatic carbocycles. The molecular formula is C13H15NO2S. The number of hydrogen-bond donors (Lipinski definition) is 0. The van der Waals surface area contributed by atoms with Crippen LogP contribution in [0.1, 0.15) is 31.2 Å². The van der Waals surface area contributed by atoms with Crippen LogP contribution in [0.5, 0.6) is 0 Å². The maximum absolute atomic E-state index is 12.2. The number of nitriles is 1. The topological polar surface area (TPSA) is 57.9 Å². The molecule has 4 heteroatoms. The van der Waals surface area contributed by atoms with Gasteiger partial charge in [-0.15, -0.1) is 0 Å². The van der Waals surface area contributed by atoms with E-state index in [1.165, 1.54) is 0 Å². The van der Waals surface area contributed by atoms with Crippen molar-refractivity contribution >= 4 is 9.84 Å². The van der Waals surface area contributed by atoms with E-state index in [0.717, 1.165) is 31.2 Å². The van der Waals surface area contributed by atoms with Gasteiger partial charge in [-0.1, -0.05) is 25.0 Å². The van der Waals surface area contributed by atoms with Crippen LogP contribution >= 0.6 is 0 Å². The molecule has 0 heterocycles. The van der Waals surface area contributed by atoms with Crippen LogP contribution in [0.3, 0.4) is 0 Å². The van der Waals surface area contributed by atoms with E-state index in [0.29, 0.717) is 11.3 Å². The van der Waals surface area contributed by atoms with Crippen molar-refractivity contribution < 1.29 is 8.42 Å². The van der Waals surface area contributed by atoms with Gasteiger partial charge in [-0.2, -0.15) is 5.26 Å². The number of hydrogen-bond acceptors (Lipinski definition) is 3. The Hall–Kier alpha value is -1.34. The summed E-state index contributed by atoms with van der Waals surface area (Å²) >= 11 is 0. The summed E-state index contributed by atoms with van der Waals surface area (Å²) in [7, 11) is -3.15. The maximum Gasteiger partial charge on any atom is 0.181 e. The molecule has 3 nitrogen and oxygen atoms in total. The van der Waals surface area contributed by atoms with Crippen molar-refractivity contribution in [1.29, 1.82) is 5.26 Å². The highest BCUT2D eigenvalue weighted by atomic mass is 32.2.